The fourth-order valence-electron chi connectivity index (χ4n) is 1.82. The van der Waals surface area contributed by atoms with E-state index in [0.29, 0.717) is 0 Å². The molecule has 1 unspecified atom stereocenters. The lowest BCUT2D eigenvalue weighted by Gasteiger charge is -2.17. The van der Waals surface area contributed by atoms with E-state index in [1.54, 1.807) is 0 Å². The summed E-state index contributed by atoms with van der Waals surface area (Å²) in [5.41, 5.74) is 2.49. The van der Waals surface area contributed by atoms with Crippen molar-refractivity contribution in [3.8, 4) is 0 Å². The Balaban J connectivity index is 2.37. The van der Waals surface area contributed by atoms with E-state index in [9.17, 15) is 0 Å². The maximum Gasteiger partial charge on any atom is 0.145 e. The summed E-state index contributed by atoms with van der Waals surface area (Å²) in [5, 5.41) is 10.2. The first-order valence-corrected chi connectivity index (χ1v) is 5.47. The van der Waals surface area contributed by atoms with Gasteiger partial charge in [-0.25, -0.2) is 4.98 Å². The molecule has 4 heteroatoms. The zero-order valence-corrected chi connectivity index (χ0v) is 9.57. The quantitative estimate of drug-likeness (QED) is 0.819. The fourth-order valence-corrected chi connectivity index (χ4v) is 1.82. The molecule has 84 valence electrons. The molecule has 0 fully saturated rings. The molecular formula is C12H16N4. The Morgan fingerprint density at radius 1 is 1.38 bits per heavy atom. The molecule has 16 heavy (non-hydrogen) atoms. The van der Waals surface area contributed by atoms with Gasteiger partial charge < -0.3 is 5.32 Å². The number of aromatic amines is 1. The topological polar surface area (TPSA) is 53.6 Å². The van der Waals surface area contributed by atoms with Crippen LogP contribution in [0.2, 0.25) is 0 Å². The van der Waals surface area contributed by atoms with Crippen LogP contribution in [0.15, 0.2) is 30.6 Å². The van der Waals surface area contributed by atoms with Gasteiger partial charge in [0.05, 0.1) is 6.04 Å². The summed E-state index contributed by atoms with van der Waals surface area (Å²) < 4.78 is 0. The number of rotatable bonds is 4. The van der Waals surface area contributed by atoms with E-state index < -0.39 is 0 Å². The highest BCUT2D eigenvalue weighted by Gasteiger charge is 2.16. The van der Waals surface area contributed by atoms with Gasteiger partial charge in [-0.05, 0) is 24.6 Å². The third-order valence-corrected chi connectivity index (χ3v) is 2.61. The summed E-state index contributed by atoms with van der Waals surface area (Å²) in [6.07, 6.45) is 1.54. The average molecular weight is 216 g/mol. The molecule has 1 atom stereocenters. The van der Waals surface area contributed by atoms with E-state index in [4.69, 9.17) is 0 Å². The number of H-pyrrole nitrogens is 1. The van der Waals surface area contributed by atoms with Crippen molar-refractivity contribution in [1.29, 1.82) is 0 Å². The molecular weight excluding hydrogens is 200 g/mol. The van der Waals surface area contributed by atoms with Crippen LogP contribution in [0.3, 0.4) is 0 Å². The Labute approximate surface area is 95.1 Å². The highest BCUT2D eigenvalue weighted by Crippen LogP contribution is 2.21. The van der Waals surface area contributed by atoms with Crippen molar-refractivity contribution in [3.05, 3.63) is 47.5 Å². The Morgan fingerprint density at radius 3 is 2.81 bits per heavy atom. The highest BCUT2D eigenvalue weighted by molar-refractivity contribution is 5.32. The van der Waals surface area contributed by atoms with E-state index in [1.807, 2.05) is 12.1 Å². The van der Waals surface area contributed by atoms with Gasteiger partial charge in [0.25, 0.3) is 0 Å². The van der Waals surface area contributed by atoms with Crippen molar-refractivity contribution in [2.75, 3.05) is 6.54 Å². The van der Waals surface area contributed by atoms with E-state index >= 15 is 0 Å². The van der Waals surface area contributed by atoms with Crippen LogP contribution in [0.25, 0.3) is 0 Å². The van der Waals surface area contributed by atoms with Crippen molar-refractivity contribution in [1.82, 2.24) is 20.5 Å². The molecule has 0 aliphatic rings. The second-order valence-corrected chi connectivity index (χ2v) is 3.72. The minimum absolute atomic E-state index is 0.0914. The number of aromatic nitrogens is 3. The van der Waals surface area contributed by atoms with Gasteiger partial charge in [0, 0.05) is 0 Å². The summed E-state index contributed by atoms with van der Waals surface area (Å²) in [6.45, 7) is 5.08. The maximum atomic E-state index is 4.22. The first-order valence-electron chi connectivity index (χ1n) is 5.47. The Bertz CT molecular complexity index is 436. The van der Waals surface area contributed by atoms with Crippen molar-refractivity contribution in [3.63, 3.8) is 0 Å². The first kappa shape index (κ1) is 10.8. The number of nitrogens with one attached hydrogen (secondary N) is 2. The van der Waals surface area contributed by atoms with Crippen molar-refractivity contribution in [2.24, 2.45) is 0 Å². The third-order valence-electron chi connectivity index (χ3n) is 2.61. The van der Waals surface area contributed by atoms with Crippen LogP contribution in [-0.4, -0.2) is 21.7 Å². The predicted molar refractivity (Wildman–Crippen MR) is 63.1 cm³/mol. The summed E-state index contributed by atoms with van der Waals surface area (Å²) in [6, 6.07) is 8.40. The van der Waals surface area contributed by atoms with Gasteiger partial charge in [-0.3, -0.25) is 5.10 Å². The van der Waals surface area contributed by atoms with Gasteiger partial charge >= 0.3 is 0 Å². The molecule has 0 aliphatic heterocycles. The molecule has 2 N–H and O–H groups in total. The number of hydrogen-bond acceptors (Lipinski definition) is 3. The van der Waals surface area contributed by atoms with Gasteiger partial charge in [-0.1, -0.05) is 31.2 Å². The van der Waals surface area contributed by atoms with Crippen LogP contribution < -0.4 is 5.32 Å². The molecule has 1 aromatic carbocycles. The first-order chi connectivity index (χ1) is 7.83. The normalized spacial score (nSPS) is 12.6. The lowest BCUT2D eigenvalue weighted by atomic mass is 10.0. The Hall–Kier alpha value is -1.68. The molecule has 0 bridgehead atoms. The summed E-state index contributed by atoms with van der Waals surface area (Å²) in [7, 11) is 0. The molecule has 1 aromatic heterocycles. The van der Waals surface area contributed by atoms with Crippen molar-refractivity contribution >= 4 is 0 Å². The molecule has 4 nitrogen and oxygen atoms in total. The summed E-state index contributed by atoms with van der Waals surface area (Å²) in [5.74, 6) is 0.858. The molecule has 1 heterocycles. The molecule has 0 saturated heterocycles. The van der Waals surface area contributed by atoms with Crippen LogP contribution in [0.5, 0.6) is 0 Å². The van der Waals surface area contributed by atoms with Crippen molar-refractivity contribution in [2.45, 2.75) is 19.9 Å². The smallest absolute Gasteiger partial charge is 0.145 e. The molecule has 0 amide bonds. The molecule has 0 aliphatic carbocycles. The molecule has 0 saturated carbocycles. The van der Waals surface area contributed by atoms with Gasteiger partial charge in [0.1, 0.15) is 12.2 Å². The second-order valence-electron chi connectivity index (χ2n) is 3.72. The standard InChI is InChI=1S/C12H16N4/c1-3-13-11(12-14-8-15-16-12)10-7-5-4-6-9(10)2/h4-8,11,13H,3H2,1-2H3,(H,14,15,16). The predicted octanol–water partition coefficient (Wildman–Crippen LogP) is 1.81. The van der Waals surface area contributed by atoms with Crippen LogP contribution >= 0.6 is 0 Å². The molecule has 0 spiro atoms. The van der Waals surface area contributed by atoms with E-state index in [2.05, 4.69) is 46.5 Å². The van der Waals surface area contributed by atoms with Crippen LogP contribution in [0, 0.1) is 6.92 Å². The fraction of sp³-hybridized carbons (Fsp3) is 0.333. The lowest BCUT2D eigenvalue weighted by molar-refractivity contribution is 0.597. The van der Waals surface area contributed by atoms with Crippen LogP contribution in [-0.2, 0) is 0 Å². The third kappa shape index (κ3) is 2.12. The van der Waals surface area contributed by atoms with Crippen LogP contribution in [0.1, 0.15) is 29.9 Å². The second kappa shape index (κ2) is 4.90. The summed E-state index contributed by atoms with van der Waals surface area (Å²) in [4.78, 5) is 4.22. The van der Waals surface area contributed by atoms with Crippen molar-refractivity contribution < 1.29 is 0 Å². The average Bonchev–Trinajstić information content (AvgIpc) is 2.80. The van der Waals surface area contributed by atoms with E-state index in [0.717, 1.165) is 12.4 Å². The van der Waals surface area contributed by atoms with Gasteiger partial charge in [-0.15, -0.1) is 0 Å². The maximum absolute atomic E-state index is 4.22. The number of benzene rings is 1. The molecule has 2 rings (SSSR count). The lowest BCUT2D eigenvalue weighted by Crippen LogP contribution is -2.23. The van der Waals surface area contributed by atoms with E-state index in [1.165, 1.54) is 17.5 Å². The van der Waals surface area contributed by atoms with Crippen LogP contribution in [0.4, 0.5) is 0 Å². The van der Waals surface area contributed by atoms with Gasteiger partial charge in [0.15, 0.2) is 0 Å². The van der Waals surface area contributed by atoms with E-state index in [-0.39, 0.29) is 6.04 Å². The minimum Gasteiger partial charge on any atom is -0.304 e. The largest absolute Gasteiger partial charge is 0.304 e. The summed E-state index contributed by atoms with van der Waals surface area (Å²) >= 11 is 0. The SMILES string of the molecule is CCNC(c1ncn[nH]1)c1ccccc1C. The Kier molecular flexibility index (Phi) is 3.31. The zero-order valence-electron chi connectivity index (χ0n) is 9.57. The Morgan fingerprint density at radius 2 is 2.19 bits per heavy atom. The zero-order chi connectivity index (χ0) is 11.4. The number of nitrogens with zero attached hydrogens (tertiary/aromatic N) is 2. The monoisotopic (exact) mass is 216 g/mol. The minimum atomic E-state index is 0.0914. The molecule has 0 radical (unpaired) electrons. The van der Waals surface area contributed by atoms with Gasteiger partial charge in [-0.2, -0.15) is 5.10 Å². The number of hydrogen-bond donors (Lipinski definition) is 2. The highest BCUT2D eigenvalue weighted by atomic mass is 15.2. The molecule has 2 aromatic rings. The van der Waals surface area contributed by atoms with Gasteiger partial charge in [0.2, 0.25) is 0 Å². The number of aryl methyl sites for hydroxylation is 1.